The molecule has 1 aliphatic rings. The van der Waals surface area contributed by atoms with Crippen molar-refractivity contribution in [3.63, 3.8) is 0 Å². The summed E-state index contributed by atoms with van der Waals surface area (Å²) in [6.07, 6.45) is 1.79. The fraction of sp³-hybridized carbons (Fsp3) is 0.400. The second-order valence-electron chi connectivity index (χ2n) is 7.47. The number of carbonyl (C=O) groups is 1. The number of hydrogen-bond donors (Lipinski definition) is 1. The Morgan fingerprint density at radius 2 is 1.88 bits per heavy atom. The van der Waals surface area contributed by atoms with Gasteiger partial charge in [0, 0.05) is 29.5 Å². The van der Waals surface area contributed by atoms with Crippen molar-refractivity contribution in [3.8, 4) is 0 Å². The van der Waals surface area contributed by atoms with E-state index in [4.69, 9.17) is 0 Å². The molecule has 2 heterocycles. The van der Waals surface area contributed by atoms with E-state index in [1.165, 1.54) is 0 Å². The Labute approximate surface area is 153 Å². The number of pyridine rings is 1. The molecule has 132 valence electrons. The van der Waals surface area contributed by atoms with Crippen molar-refractivity contribution < 1.29 is 9.90 Å². The number of thioether (sulfide) groups is 1. The van der Waals surface area contributed by atoms with Crippen LogP contribution in [0.25, 0.3) is 0 Å². The zero-order chi connectivity index (χ0) is 18.1. The maximum Gasteiger partial charge on any atom is 0.253 e. The van der Waals surface area contributed by atoms with Crippen LogP contribution in [0.4, 0.5) is 0 Å². The average Bonchev–Trinajstić information content (AvgIpc) is 2.81. The third-order valence-corrected chi connectivity index (χ3v) is 6.07. The minimum absolute atomic E-state index is 0.0187. The van der Waals surface area contributed by atoms with Crippen LogP contribution in [0.3, 0.4) is 0 Å². The molecule has 0 bridgehead atoms. The van der Waals surface area contributed by atoms with Crippen LogP contribution >= 0.6 is 11.8 Å². The fourth-order valence-electron chi connectivity index (χ4n) is 2.95. The Morgan fingerprint density at radius 3 is 2.44 bits per heavy atom. The largest absolute Gasteiger partial charge is 0.388 e. The van der Waals surface area contributed by atoms with Crippen LogP contribution in [0, 0.1) is 5.41 Å². The van der Waals surface area contributed by atoms with E-state index >= 15 is 0 Å². The van der Waals surface area contributed by atoms with E-state index in [0.717, 1.165) is 16.3 Å². The first-order valence-corrected chi connectivity index (χ1v) is 9.41. The molecule has 1 amide bonds. The van der Waals surface area contributed by atoms with Gasteiger partial charge < -0.3 is 10.0 Å². The lowest BCUT2D eigenvalue weighted by atomic mass is 9.79. The highest BCUT2D eigenvalue weighted by Crippen LogP contribution is 2.38. The van der Waals surface area contributed by atoms with Crippen LogP contribution < -0.4 is 0 Å². The second kappa shape index (κ2) is 6.81. The molecular weight excluding hydrogens is 332 g/mol. The molecule has 25 heavy (non-hydrogen) atoms. The topological polar surface area (TPSA) is 53.4 Å². The van der Waals surface area contributed by atoms with Crippen LogP contribution in [0.15, 0.2) is 53.7 Å². The Kier molecular flexibility index (Phi) is 4.89. The third kappa shape index (κ3) is 3.88. The standard InChI is InChI=1S/C20H24N2O2S/c1-19(2)13-22(14-20(19,3)24)18(23)16-9-7-15(8-10-16)12-25-17-6-4-5-11-21-17/h4-11,24H,12-14H2,1-3H3. The lowest BCUT2D eigenvalue weighted by Crippen LogP contribution is -2.40. The molecule has 1 fully saturated rings. The van der Waals surface area contributed by atoms with Crippen LogP contribution in [0.5, 0.6) is 0 Å². The first-order chi connectivity index (χ1) is 11.8. The van der Waals surface area contributed by atoms with E-state index in [9.17, 15) is 9.90 Å². The van der Waals surface area contributed by atoms with Crippen molar-refractivity contribution in [3.05, 3.63) is 59.8 Å². The zero-order valence-electron chi connectivity index (χ0n) is 14.9. The van der Waals surface area contributed by atoms with E-state index in [1.54, 1.807) is 29.8 Å². The van der Waals surface area contributed by atoms with E-state index in [1.807, 2.05) is 56.3 Å². The number of amides is 1. The molecule has 1 saturated heterocycles. The SMILES string of the molecule is CC1(C)CN(C(=O)c2ccc(CSc3ccccn3)cc2)CC1(C)O. The number of benzene rings is 1. The van der Waals surface area contributed by atoms with E-state index in [-0.39, 0.29) is 11.3 Å². The monoisotopic (exact) mass is 356 g/mol. The van der Waals surface area contributed by atoms with Gasteiger partial charge in [-0.3, -0.25) is 4.79 Å². The molecule has 0 spiro atoms. The summed E-state index contributed by atoms with van der Waals surface area (Å²) in [5.41, 5.74) is 0.658. The molecule has 0 aliphatic carbocycles. The minimum Gasteiger partial charge on any atom is -0.388 e. The predicted octanol–water partition coefficient (Wildman–Crippen LogP) is 3.61. The van der Waals surface area contributed by atoms with Crippen LogP contribution in [-0.4, -0.2) is 39.6 Å². The molecule has 1 aromatic heterocycles. The fourth-order valence-corrected chi connectivity index (χ4v) is 3.77. The van der Waals surface area contributed by atoms with Gasteiger partial charge in [0.15, 0.2) is 0 Å². The maximum absolute atomic E-state index is 12.7. The van der Waals surface area contributed by atoms with Gasteiger partial charge in [-0.05, 0) is 36.8 Å². The average molecular weight is 356 g/mol. The molecule has 0 saturated carbocycles. The Balaban J connectivity index is 1.63. The van der Waals surface area contributed by atoms with Crippen LogP contribution in [0.2, 0.25) is 0 Å². The summed E-state index contributed by atoms with van der Waals surface area (Å²) in [6, 6.07) is 13.6. The van der Waals surface area contributed by atoms with Crippen molar-refractivity contribution in [2.75, 3.05) is 13.1 Å². The molecule has 2 aromatic rings. The number of aliphatic hydroxyl groups is 1. The number of aromatic nitrogens is 1. The third-order valence-electron chi connectivity index (χ3n) is 5.06. The van der Waals surface area contributed by atoms with Gasteiger partial charge in [0.1, 0.15) is 0 Å². The smallest absolute Gasteiger partial charge is 0.253 e. The van der Waals surface area contributed by atoms with Gasteiger partial charge in [-0.15, -0.1) is 11.8 Å². The Hall–Kier alpha value is -1.85. The van der Waals surface area contributed by atoms with Crippen LogP contribution in [-0.2, 0) is 5.75 Å². The lowest BCUT2D eigenvalue weighted by Gasteiger charge is -2.30. The van der Waals surface area contributed by atoms with Gasteiger partial charge >= 0.3 is 0 Å². The highest BCUT2D eigenvalue weighted by Gasteiger charge is 2.49. The minimum atomic E-state index is -0.859. The summed E-state index contributed by atoms with van der Waals surface area (Å²) in [6.45, 7) is 6.74. The van der Waals surface area contributed by atoms with Crippen molar-refractivity contribution in [2.24, 2.45) is 5.41 Å². The number of carbonyl (C=O) groups excluding carboxylic acids is 1. The number of likely N-dealkylation sites (tertiary alicyclic amines) is 1. The highest BCUT2D eigenvalue weighted by molar-refractivity contribution is 7.98. The highest BCUT2D eigenvalue weighted by atomic mass is 32.2. The first kappa shape index (κ1) is 18.0. The lowest BCUT2D eigenvalue weighted by molar-refractivity contribution is -0.0108. The molecule has 3 rings (SSSR count). The van der Waals surface area contributed by atoms with Gasteiger partial charge in [-0.1, -0.05) is 32.0 Å². The molecule has 0 radical (unpaired) electrons. The zero-order valence-corrected chi connectivity index (χ0v) is 15.7. The normalized spacial score (nSPS) is 22.2. The molecule has 1 aliphatic heterocycles. The molecule has 1 aromatic carbocycles. The molecule has 1 unspecified atom stereocenters. The number of hydrogen-bond acceptors (Lipinski definition) is 4. The van der Waals surface area contributed by atoms with Gasteiger partial charge in [0.2, 0.25) is 0 Å². The molecular formula is C20H24N2O2S. The summed E-state index contributed by atoms with van der Waals surface area (Å²) in [7, 11) is 0. The summed E-state index contributed by atoms with van der Waals surface area (Å²) in [5.74, 6) is 0.798. The quantitative estimate of drug-likeness (QED) is 0.851. The first-order valence-electron chi connectivity index (χ1n) is 8.43. The summed E-state index contributed by atoms with van der Waals surface area (Å²) in [5, 5.41) is 11.5. The van der Waals surface area contributed by atoms with Crippen LogP contribution in [0.1, 0.15) is 36.7 Å². The summed E-state index contributed by atoms with van der Waals surface area (Å²) in [4.78, 5) is 18.8. The predicted molar refractivity (Wildman–Crippen MR) is 101 cm³/mol. The van der Waals surface area contributed by atoms with Crippen molar-refractivity contribution in [2.45, 2.75) is 37.2 Å². The van der Waals surface area contributed by atoms with E-state index < -0.39 is 5.60 Å². The molecule has 1 N–H and O–H groups in total. The van der Waals surface area contributed by atoms with E-state index in [2.05, 4.69) is 4.98 Å². The summed E-state index contributed by atoms with van der Waals surface area (Å²) < 4.78 is 0. The van der Waals surface area contributed by atoms with Gasteiger partial charge in [-0.25, -0.2) is 4.98 Å². The number of rotatable bonds is 4. The molecule has 5 heteroatoms. The molecule has 1 atom stereocenters. The maximum atomic E-state index is 12.7. The van der Waals surface area contributed by atoms with Gasteiger partial charge in [-0.2, -0.15) is 0 Å². The number of nitrogens with zero attached hydrogens (tertiary/aromatic N) is 2. The van der Waals surface area contributed by atoms with Gasteiger partial charge in [0.25, 0.3) is 5.91 Å². The second-order valence-corrected chi connectivity index (χ2v) is 8.47. The Morgan fingerprint density at radius 1 is 1.16 bits per heavy atom. The van der Waals surface area contributed by atoms with Crippen molar-refractivity contribution >= 4 is 17.7 Å². The molecule has 4 nitrogen and oxygen atoms in total. The summed E-state index contributed by atoms with van der Waals surface area (Å²) >= 11 is 1.67. The Bertz CT molecular complexity index is 726. The van der Waals surface area contributed by atoms with Gasteiger partial charge in [0.05, 0.1) is 17.2 Å². The number of β-amino-alcohol motifs (C(OH)–C–C–N with tert-alkyl or cyclic N) is 1. The van der Waals surface area contributed by atoms with E-state index in [0.29, 0.717) is 18.7 Å². The van der Waals surface area contributed by atoms with Crippen molar-refractivity contribution in [1.29, 1.82) is 0 Å². The van der Waals surface area contributed by atoms with Crippen molar-refractivity contribution in [1.82, 2.24) is 9.88 Å².